The van der Waals surface area contributed by atoms with E-state index in [0.717, 1.165) is 34.2 Å². The van der Waals surface area contributed by atoms with E-state index in [1.54, 1.807) is 11.3 Å². The first-order valence-corrected chi connectivity index (χ1v) is 11.0. The number of carbonyl (C=O) groups is 1. The van der Waals surface area contributed by atoms with E-state index >= 15 is 0 Å². The van der Waals surface area contributed by atoms with Gasteiger partial charge in [-0.2, -0.15) is 4.80 Å². The molecular formula is C21H21N7O3S. The van der Waals surface area contributed by atoms with Gasteiger partial charge in [0.2, 0.25) is 11.7 Å². The maximum Gasteiger partial charge on any atom is 0.248 e. The van der Waals surface area contributed by atoms with Crippen LogP contribution in [0.5, 0.6) is 5.75 Å². The molecule has 0 unspecified atom stereocenters. The molecule has 10 nitrogen and oxygen atoms in total. The van der Waals surface area contributed by atoms with Gasteiger partial charge in [0, 0.05) is 18.8 Å². The number of rotatable bonds is 7. The monoisotopic (exact) mass is 451 g/mol. The number of morpholine rings is 1. The summed E-state index contributed by atoms with van der Waals surface area (Å²) < 4.78 is 12.0. The molecule has 1 saturated heterocycles. The molecule has 4 aromatic rings. The van der Waals surface area contributed by atoms with E-state index < -0.39 is 0 Å². The first kappa shape index (κ1) is 20.3. The number of fused-ring (bicyclic) bond motifs is 1. The van der Waals surface area contributed by atoms with Crippen molar-refractivity contribution in [1.29, 1.82) is 0 Å². The molecule has 0 saturated carbocycles. The van der Waals surface area contributed by atoms with Crippen molar-refractivity contribution in [2.75, 3.05) is 36.5 Å². The topological polar surface area (TPSA) is 107 Å². The fourth-order valence-electron chi connectivity index (χ4n) is 3.27. The Kier molecular flexibility index (Phi) is 5.90. The fraction of sp³-hybridized carbons (Fsp3) is 0.286. The summed E-state index contributed by atoms with van der Waals surface area (Å²) in [5, 5.41) is 15.9. The molecule has 32 heavy (non-hydrogen) atoms. The number of amides is 1. The highest BCUT2D eigenvalue weighted by Gasteiger charge is 2.16. The number of ether oxygens (including phenoxy) is 2. The number of para-hydroxylation sites is 1. The van der Waals surface area contributed by atoms with Crippen LogP contribution in [0.3, 0.4) is 0 Å². The molecule has 0 aliphatic carbocycles. The van der Waals surface area contributed by atoms with Crippen molar-refractivity contribution in [3.05, 3.63) is 54.4 Å². The van der Waals surface area contributed by atoms with Crippen molar-refractivity contribution in [1.82, 2.24) is 25.2 Å². The second-order valence-electron chi connectivity index (χ2n) is 7.16. The molecular weight excluding hydrogens is 430 g/mol. The van der Waals surface area contributed by atoms with Crippen LogP contribution in [0, 0.1) is 0 Å². The Hall–Kier alpha value is -3.57. The molecule has 0 radical (unpaired) electrons. The van der Waals surface area contributed by atoms with Crippen molar-refractivity contribution >= 4 is 38.3 Å². The molecule has 2 aromatic carbocycles. The predicted octanol–water partition coefficient (Wildman–Crippen LogP) is 2.34. The number of tetrazole rings is 1. The van der Waals surface area contributed by atoms with Gasteiger partial charge in [-0.25, -0.2) is 4.98 Å². The largest absolute Gasteiger partial charge is 0.485 e. The molecule has 1 aliphatic rings. The molecule has 1 amide bonds. The van der Waals surface area contributed by atoms with E-state index in [-0.39, 0.29) is 19.1 Å². The SMILES string of the molecule is O=C(Cn1nnc(COc2ccccc2)n1)Nc1ccc2nc(N3CCOCC3)sc2c1. The first-order valence-electron chi connectivity index (χ1n) is 10.2. The van der Waals surface area contributed by atoms with Gasteiger partial charge in [0.1, 0.15) is 12.3 Å². The Balaban J connectivity index is 1.18. The minimum absolute atomic E-state index is 0.0436. The third-order valence-electron chi connectivity index (χ3n) is 4.83. The van der Waals surface area contributed by atoms with Crippen LogP contribution in [-0.2, 0) is 22.7 Å². The minimum atomic E-state index is -0.241. The highest BCUT2D eigenvalue weighted by Crippen LogP contribution is 2.31. The summed E-state index contributed by atoms with van der Waals surface area (Å²) in [5.41, 5.74) is 1.61. The Morgan fingerprint density at radius 1 is 1.16 bits per heavy atom. The van der Waals surface area contributed by atoms with Crippen LogP contribution < -0.4 is 15.0 Å². The van der Waals surface area contributed by atoms with Gasteiger partial charge < -0.3 is 19.7 Å². The smallest absolute Gasteiger partial charge is 0.248 e. The van der Waals surface area contributed by atoms with Crippen LogP contribution in [0.4, 0.5) is 10.8 Å². The molecule has 0 spiro atoms. The summed E-state index contributed by atoms with van der Waals surface area (Å²) >= 11 is 1.61. The van der Waals surface area contributed by atoms with Gasteiger partial charge in [-0.15, -0.1) is 10.2 Å². The zero-order valence-electron chi connectivity index (χ0n) is 17.2. The maximum absolute atomic E-state index is 12.5. The number of nitrogens with zero attached hydrogens (tertiary/aromatic N) is 6. The van der Waals surface area contributed by atoms with Gasteiger partial charge in [0.25, 0.3) is 0 Å². The van der Waals surface area contributed by atoms with E-state index in [0.29, 0.717) is 24.7 Å². The van der Waals surface area contributed by atoms with Crippen molar-refractivity contribution < 1.29 is 14.3 Å². The zero-order chi connectivity index (χ0) is 21.8. The standard InChI is InChI=1S/C21H21N7O3S/c29-20(13-28-25-19(24-26-28)14-31-16-4-2-1-3-5-16)22-15-6-7-17-18(12-15)32-21(23-17)27-8-10-30-11-9-27/h1-7,12H,8-11,13-14H2,(H,22,29). The summed E-state index contributed by atoms with van der Waals surface area (Å²) in [4.78, 5) is 20.6. The number of benzene rings is 2. The third kappa shape index (κ3) is 4.84. The number of hydrogen-bond acceptors (Lipinski definition) is 9. The van der Waals surface area contributed by atoms with Crippen molar-refractivity contribution in [3.63, 3.8) is 0 Å². The van der Waals surface area contributed by atoms with Gasteiger partial charge in [-0.1, -0.05) is 29.5 Å². The molecule has 1 aliphatic heterocycles. The molecule has 0 bridgehead atoms. The molecule has 3 heterocycles. The Morgan fingerprint density at radius 3 is 2.84 bits per heavy atom. The van der Waals surface area contributed by atoms with Crippen LogP contribution >= 0.6 is 11.3 Å². The summed E-state index contributed by atoms with van der Waals surface area (Å²) in [5.74, 6) is 0.885. The molecule has 2 aromatic heterocycles. The lowest BCUT2D eigenvalue weighted by atomic mass is 10.3. The Morgan fingerprint density at radius 2 is 2.00 bits per heavy atom. The minimum Gasteiger partial charge on any atom is -0.485 e. The Labute approximate surface area is 187 Å². The average molecular weight is 452 g/mol. The van der Waals surface area contributed by atoms with E-state index in [2.05, 4.69) is 25.6 Å². The number of carbonyl (C=O) groups excluding carboxylic acids is 1. The van der Waals surface area contributed by atoms with Gasteiger partial charge in [-0.3, -0.25) is 4.79 Å². The molecule has 0 atom stereocenters. The molecule has 11 heteroatoms. The quantitative estimate of drug-likeness (QED) is 0.456. The molecule has 1 fully saturated rings. The molecule has 5 rings (SSSR count). The van der Waals surface area contributed by atoms with E-state index in [9.17, 15) is 4.79 Å². The maximum atomic E-state index is 12.5. The van der Waals surface area contributed by atoms with E-state index in [4.69, 9.17) is 14.5 Å². The zero-order valence-corrected chi connectivity index (χ0v) is 18.0. The van der Waals surface area contributed by atoms with E-state index in [1.165, 1.54) is 4.80 Å². The lowest BCUT2D eigenvalue weighted by Crippen LogP contribution is -2.36. The van der Waals surface area contributed by atoms with Crippen molar-refractivity contribution in [3.8, 4) is 5.75 Å². The van der Waals surface area contributed by atoms with Crippen LogP contribution in [0.2, 0.25) is 0 Å². The number of nitrogens with one attached hydrogen (secondary N) is 1. The lowest BCUT2D eigenvalue weighted by molar-refractivity contribution is -0.117. The highest BCUT2D eigenvalue weighted by atomic mass is 32.1. The summed E-state index contributed by atoms with van der Waals surface area (Å²) in [6.07, 6.45) is 0. The number of aromatic nitrogens is 5. The third-order valence-corrected chi connectivity index (χ3v) is 5.91. The molecule has 1 N–H and O–H groups in total. The average Bonchev–Trinajstić information content (AvgIpc) is 3.45. The normalized spacial score (nSPS) is 13.9. The van der Waals surface area contributed by atoms with Crippen LogP contribution in [-0.4, -0.2) is 57.4 Å². The van der Waals surface area contributed by atoms with Crippen molar-refractivity contribution in [2.24, 2.45) is 0 Å². The summed E-state index contributed by atoms with van der Waals surface area (Å²) in [6, 6.07) is 15.1. The second kappa shape index (κ2) is 9.28. The summed E-state index contributed by atoms with van der Waals surface area (Å²) in [7, 11) is 0. The Bertz CT molecular complexity index is 1200. The lowest BCUT2D eigenvalue weighted by Gasteiger charge is -2.25. The van der Waals surface area contributed by atoms with E-state index in [1.807, 2.05) is 48.5 Å². The first-order chi connectivity index (χ1) is 15.7. The summed E-state index contributed by atoms with van der Waals surface area (Å²) in [6.45, 7) is 3.25. The number of thiazole rings is 1. The van der Waals surface area contributed by atoms with Crippen LogP contribution in [0.25, 0.3) is 10.2 Å². The van der Waals surface area contributed by atoms with Gasteiger partial charge in [-0.05, 0) is 35.5 Å². The van der Waals surface area contributed by atoms with Crippen molar-refractivity contribution in [2.45, 2.75) is 13.2 Å². The van der Waals surface area contributed by atoms with Crippen LogP contribution in [0.15, 0.2) is 48.5 Å². The van der Waals surface area contributed by atoms with Crippen LogP contribution in [0.1, 0.15) is 5.82 Å². The predicted molar refractivity (Wildman–Crippen MR) is 120 cm³/mol. The van der Waals surface area contributed by atoms with Gasteiger partial charge in [0.15, 0.2) is 11.7 Å². The van der Waals surface area contributed by atoms with Gasteiger partial charge in [0.05, 0.1) is 23.4 Å². The van der Waals surface area contributed by atoms with Gasteiger partial charge >= 0.3 is 0 Å². The molecule has 164 valence electrons. The highest BCUT2D eigenvalue weighted by molar-refractivity contribution is 7.22. The second-order valence-corrected chi connectivity index (χ2v) is 8.17. The fourth-order valence-corrected chi connectivity index (χ4v) is 4.33. The number of anilines is 2. The number of hydrogen-bond donors (Lipinski definition) is 1.